The number of rotatable bonds is 6. The van der Waals surface area contributed by atoms with Crippen LogP contribution in [0.4, 0.5) is 0 Å². The Morgan fingerprint density at radius 1 is 1.25 bits per heavy atom. The summed E-state index contributed by atoms with van der Waals surface area (Å²) in [6.45, 7) is 7.81. The lowest BCUT2D eigenvalue weighted by Crippen LogP contribution is -2.22. The molecule has 0 saturated heterocycles. The van der Waals surface area contributed by atoms with E-state index in [0.717, 1.165) is 12.3 Å². The maximum Gasteiger partial charge on any atom is 0.119 e. The van der Waals surface area contributed by atoms with E-state index in [1.165, 1.54) is 16.8 Å². The predicted octanol–water partition coefficient (Wildman–Crippen LogP) is 2.83. The summed E-state index contributed by atoms with van der Waals surface area (Å²) in [4.78, 5) is 0. The maximum absolute atomic E-state index is 5.50. The molecule has 0 spiro atoms. The molecule has 2 aromatic rings. The van der Waals surface area contributed by atoms with Gasteiger partial charge in [-0.1, -0.05) is 19.1 Å². The fourth-order valence-corrected chi connectivity index (χ4v) is 2.33. The van der Waals surface area contributed by atoms with Gasteiger partial charge in [0.25, 0.3) is 0 Å². The van der Waals surface area contributed by atoms with Crippen LogP contribution >= 0.6 is 0 Å². The Morgan fingerprint density at radius 3 is 2.45 bits per heavy atom. The highest BCUT2D eigenvalue weighted by Gasteiger charge is 2.17. The van der Waals surface area contributed by atoms with Gasteiger partial charge in [0, 0.05) is 18.3 Å². The second-order valence-corrected chi connectivity index (χ2v) is 4.80. The first-order chi connectivity index (χ1) is 9.67. The van der Waals surface area contributed by atoms with E-state index in [1.807, 2.05) is 37.0 Å². The molecule has 2 rings (SSSR count). The Labute approximate surface area is 120 Å². The van der Waals surface area contributed by atoms with E-state index in [2.05, 4.69) is 36.4 Å². The molecule has 20 heavy (non-hydrogen) atoms. The van der Waals surface area contributed by atoms with Gasteiger partial charge in [0.2, 0.25) is 0 Å². The van der Waals surface area contributed by atoms with Gasteiger partial charge in [0.15, 0.2) is 0 Å². The lowest BCUT2D eigenvalue weighted by atomic mass is 9.99. The molecule has 1 unspecified atom stereocenters. The van der Waals surface area contributed by atoms with Gasteiger partial charge in [0.05, 0.1) is 18.8 Å². The molecule has 108 valence electrons. The fraction of sp³-hybridized carbons (Fsp3) is 0.438. The van der Waals surface area contributed by atoms with Gasteiger partial charge in [-0.15, -0.1) is 0 Å². The molecule has 4 nitrogen and oxygen atoms in total. The van der Waals surface area contributed by atoms with Crippen LogP contribution in [0, 0.1) is 6.92 Å². The van der Waals surface area contributed by atoms with Crippen molar-refractivity contribution in [3.05, 3.63) is 47.3 Å². The molecule has 0 amide bonds. The van der Waals surface area contributed by atoms with Gasteiger partial charge >= 0.3 is 0 Å². The molecule has 0 fully saturated rings. The van der Waals surface area contributed by atoms with E-state index in [9.17, 15) is 0 Å². The van der Waals surface area contributed by atoms with Gasteiger partial charge in [-0.2, -0.15) is 5.10 Å². The second-order valence-electron chi connectivity index (χ2n) is 4.80. The number of hydrogen-bond donors (Lipinski definition) is 1. The van der Waals surface area contributed by atoms with Crippen LogP contribution in [0.3, 0.4) is 0 Å². The molecular formula is C16H23N3O. The van der Waals surface area contributed by atoms with Gasteiger partial charge in [-0.05, 0) is 38.1 Å². The Kier molecular flexibility index (Phi) is 4.79. The highest BCUT2D eigenvalue weighted by molar-refractivity contribution is 5.36. The van der Waals surface area contributed by atoms with Crippen molar-refractivity contribution in [2.45, 2.75) is 26.8 Å². The molecule has 0 aliphatic heterocycles. The van der Waals surface area contributed by atoms with E-state index in [0.29, 0.717) is 6.61 Å². The second kappa shape index (κ2) is 6.57. The van der Waals surface area contributed by atoms with Gasteiger partial charge in [0.1, 0.15) is 5.75 Å². The normalized spacial score (nSPS) is 12.4. The van der Waals surface area contributed by atoms with Crippen LogP contribution in [-0.2, 0) is 7.05 Å². The van der Waals surface area contributed by atoms with Crippen molar-refractivity contribution in [3.8, 4) is 5.75 Å². The van der Waals surface area contributed by atoms with Gasteiger partial charge in [-0.3, -0.25) is 4.68 Å². The van der Waals surface area contributed by atoms with Crippen LogP contribution in [0.1, 0.15) is 36.7 Å². The minimum Gasteiger partial charge on any atom is -0.494 e. The van der Waals surface area contributed by atoms with Gasteiger partial charge in [-0.25, -0.2) is 0 Å². The largest absolute Gasteiger partial charge is 0.494 e. The average molecular weight is 273 g/mol. The summed E-state index contributed by atoms with van der Waals surface area (Å²) in [7, 11) is 1.97. The highest BCUT2D eigenvalue weighted by atomic mass is 16.5. The van der Waals surface area contributed by atoms with E-state index in [-0.39, 0.29) is 6.04 Å². The molecule has 4 heteroatoms. The Balaban J connectivity index is 2.30. The smallest absolute Gasteiger partial charge is 0.119 e. The Morgan fingerprint density at radius 2 is 1.95 bits per heavy atom. The maximum atomic E-state index is 5.50. The first-order valence-corrected chi connectivity index (χ1v) is 7.12. The molecule has 0 saturated carbocycles. The molecule has 0 radical (unpaired) electrons. The monoisotopic (exact) mass is 273 g/mol. The van der Waals surface area contributed by atoms with Crippen LogP contribution in [0.2, 0.25) is 0 Å². The summed E-state index contributed by atoms with van der Waals surface area (Å²) in [6, 6.07) is 8.45. The van der Waals surface area contributed by atoms with Crippen LogP contribution < -0.4 is 10.1 Å². The Bertz CT molecular complexity index is 545. The summed E-state index contributed by atoms with van der Waals surface area (Å²) in [5, 5.41) is 7.87. The standard InChI is InChI=1S/C16H23N3O/c1-5-17-16(15-11-18-19(4)12(15)3)13-7-9-14(10-8-13)20-6-2/h7-11,16-17H,5-6H2,1-4H3. The molecule has 1 heterocycles. The van der Waals surface area contributed by atoms with Crippen molar-refractivity contribution in [2.24, 2.45) is 7.05 Å². The van der Waals surface area contributed by atoms with Crippen molar-refractivity contribution in [1.82, 2.24) is 15.1 Å². The molecule has 1 N–H and O–H groups in total. The molecule has 1 aromatic carbocycles. The highest BCUT2D eigenvalue weighted by Crippen LogP contribution is 2.26. The lowest BCUT2D eigenvalue weighted by molar-refractivity contribution is 0.340. The number of benzene rings is 1. The quantitative estimate of drug-likeness (QED) is 0.879. The summed E-state index contributed by atoms with van der Waals surface area (Å²) in [6.07, 6.45) is 1.94. The number of aromatic nitrogens is 2. The first-order valence-electron chi connectivity index (χ1n) is 7.12. The van der Waals surface area contributed by atoms with E-state index in [1.54, 1.807) is 0 Å². The predicted molar refractivity (Wildman–Crippen MR) is 81.1 cm³/mol. The fourth-order valence-electron chi connectivity index (χ4n) is 2.33. The zero-order chi connectivity index (χ0) is 14.5. The summed E-state index contributed by atoms with van der Waals surface area (Å²) < 4.78 is 7.41. The van der Waals surface area contributed by atoms with Crippen molar-refractivity contribution in [3.63, 3.8) is 0 Å². The summed E-state index contributed by atoms with van der Waals surface area (Å²) >= 11 is 0. The molecule has 1 atom stereocenters. The van der Waals surface area contributed by atoms with E-state index < -0.39 is 0 Å². The number of nitrogens with one attached hydrogen (secondary N) is 1. The van der Waals surface area contributed by atoms with E-state index in [4.69, 9.17) is 4.74 Å². The third-order valence-corrected chi connectivity index (χ3v) is 3.52. The van der Waals surface area contributed by atoms with E-state index >= 15 is 0 Å². The lowest BCUT2D eigenvalue weighted by Gasteiger charge is -2.18. The average Bonchev–Trinajstić information content (AvgIpc) is 2.78. The number of hydrogen-bond acceptors (Lipinski definition) is 3. The molecule has 0 bridgehead atoms. The SMILES string of the molecule is CCNC(c1ccc(OCC)cc1)c1cnn(C)c1C. The molecule has 0 aliphatic rings. The van der Waals surface area contributed by atoms with Crippen molar-refractivity contribution in [2.75, 3.05) is 13.2 Å². The van der Waals surface area contributed by atoms with Gasteiger partial charge < -0.3 is 10.1 Å². The van der Waals surface area contributed by atoms with Crippen LogP contribution in [0.5, 0.6) is 5.75 Å². The van der Waals surface area contributed by atoms with Crippen LogP contribution in [-0.4, -0.2) is 22.9 Å². The molecule has 1 aromatic heterocycles. The summed E-state index contributed by atoms with van der Waals surface area (Å²) in [5.41, 5.74) is 3.63. The van der Waals surface area contributed by atoms with Crippen LogP contribution in [0.25, 0.3) is 0 Å². The number of aryl methyl sites for hydroxylation is 1. The number of nitrogens with zero attached hydrogens (tertiary/aromatic N) is 2. The number of ether oxygens (including phenoxy) is 1. The third kappa shape index (κ3) is 3.02. The molecular weight excluding hydrogens is 250 g/mol. The van der Waals surface area contributed by atoms with Crippen molar-refractivity contribution >= 4 is 0 Å². The first kappa shape index (κ1) is 14.6. The minimum atomic E-state index is 0.171. The Hall–Kier alpha value is -1.81. The molecule has 0 aliphatic carbocycles. The minimum absolute atomic E-state index is 0.171. The zero-order valence-corrected chi connectivity index (χ0v) is 12.7. The summed E-state index contributed by atoms with van der Waals surface area (Å²) in [5.74, 6) is 0.911. The van der Waals surface area contributed by atoms with Crippen molar-refractivity contribution < 1.29 is 4.74 Å². The zero-order valence-electron chi connectivity index (χ0n) is 12.7. The van der Waals surface area contributed by atoms with Crippen LogP contribution in [0.15, 0.2) is 30.5 Å². The van der Waals surface area contributed by atoms with Crippen molar-refractivity contribution in [1.29, 1.82) is 0 Å². The topological polar surface area (TPSA) is 39.1 Å². The third-order valence-electron chi connectivity index (χ3n) is 3.52.